The molecular weight excluding hydrogens is 377 g/mol. The van der Waals surface area contributed by atoms with Crippen molar-refractivity contribution >= 4 is 30.7 Å². The topological polar surface area (TPSA) is 72.5 Å². The number of hydrogen-bond acceptors (Lipinski definition) is 5. The van der Waals surface area contributed by atoms with Gasteiger partial charge in [0.25, 0.3) is 5.91 Å². The van der Waals surface area contributed by atoms with Crippen LogP contribution in [0.2, 0.25) is 0 Å². The van der Waals surface area contributed by atoms with E-state index in [2.05, 4.69) is 15.6 Å². The Labute approximate surface area is 165 Å². The van der Waals surface area contributed by atoms with Crippen LogP contribution in [-0.2, 0) is 4.79 Å². The van der Waals surface area contributed by atoms with E-state index in [9.17, 15) is 4.79 Å². The molecule has 0 atom stereocenters. The zero-order valence-electron chi connectivity index (χ0n) is 14.2. The molecule has 0 saturated carbocycles. The summed E-state index contributed by atoms with van der Waals surface area (Å²) in [6.07, 6.45) is 3.60. The van der Waals surface area contributed by atoms with E-state index in [-0.39, 0.29) is 43.4 Å². The van der Waals surface area contributed by atoms with Gasteiger partial charge in [0.15, 0.2) is 6.61 Å². The van der Waals surface area contributed by atoms with Gasteiger partial charge in [-0.15, -0.1) is 24.8 Å². The van der Waals surface area contributed by atoms with E-state index in [0.717, 1.165) is 25.9 Å². The first-order valence-corrected chi connectivity index (χ1v) is 8.11. The van der Waals surface area contributed by atoms with Gasteiger partial charge in [-0.05, 0) is 56.3 Å². The smallest absolute Gasteiger partial charge is 0.258 e. The average Bonchev–Trinajstić information content (AvgIpc) is 2.63. The van der Waals surface area contributed by atoms with Gasteiger partial charge in [-0.1, -0.05) is 6.07 Å². The van der Waals surface area contributed by atoms with E-state index >= 15 is 0 Å². The number of nitrogens with zero attached hydrogens (tertiary/aromatic N) is 1. The summed E-state index contributed by atoms with van der Waals surface area (Å²) in [7, 11) is 0. The van der Waals surface area contributed by atoms with Crippen molar-refractivity contribution in [3.63, 3.8) is 0 Å². The van der Waals surface area contributed by atoms with Crippen LogP contribution < -0.4 is 20.1 Å². The molecule has 0 radical (unpaired) electrons. The molecule has 3 rings (SSSR count). The van der Waals surface area contributed by atoms with Gasteiger partial charge in [-0.3, -0.25) is 4.79 Å². The molecule has 2 N–H and O–H groups in total. The van der Waals surface area contributed by atoms with Crippen LogP contribution in [0.15, 0.2) is 48.7 Å². The third-order valence-electron chi connectivity index (χ3n) is 3.76. The van der Waals surface area contributed by atoms with Crippen LogP contribution in [0.25, 0.3) is 0 Å². The summed E-state index contributed by atoms with van der Waals surface area (Å²) in [6, 6.07) is 12.8. The number of ether oxygens (including phenoxy) is 2. The number of hydrogen-bond donors (Lipinski definition) is 2. The van der Waals surface area contributed by atoms with E-state index in [1.165, 1.54) is 0 Å². The highest BCUT2D eigenvalue weighted by Gasteiger charge is 2.15. The second kappa shape index (κ2) is 11.6. The van der Waals surface area contributed by atoms with Crippen molar-refractivity contribution in [1.82, 2.24) is 15.6 Å². The molecule has 6 nitrogen and oxygen atoms in total. The summed E-state index contributed by atoms with van der Waals surface area (Å²) < 4.78 is 11.1. The molecular formula is C18H23Cl2N3O3. The molecule has 8 heteroatoms. The fourth-order valence-electron chi connectivity index (χ4n) is 2.52. The molecule has 2 heterocycles. The summed E-state index contributed by atoms with van der Waals surface area (Å²) in [5.74, 6) is 1.74. The maximum Gasteiger partial charge on any atom is 0.258 e. The van der Waals surface area contributed by atoms with Crippen LogP contribution in [0.3, 0.4) is 0 Å². The van der Waals surface area contributed by atoms with Crippen LogP contribution in [0.4, 0.5) is 0 Å². The van der Waals surface area contributed by atoms with Crippen LogP contribution in [0.1, 0.15) is 12.8 Å². The molecule has 1 aromatic carbocycles. The zero-order chi connectivity index (χ0) is 16.6. The van der Waals surface area contributed by atoms with Crippen molar-refractivity contribution in [1.29, 1.82) is 0 Å². The van der Waals surface area contributed by atoms with Crippen molar-refractivity contribution < 1.29 is 14.3 Å². The van der Waals surface area contributed by atoms with E-state index in [1.807, 2.05) is 12.1 Å². The number of benzene rings is 1. The second-order valence-corrected chi connectivity index (χ2v) is 5.62. The number of pyridine rings is 1. The molecule has 26 heavy (non-hydrogen) atoms. The predicted molar refractivity (Wildman–Crippen MR) is 105 cm³/mol. The number of piperidine rings is 1. The van der Waals surface area contributed by atoms with Gasteiger partial charge >= 0.3 is 0 Å². The summed E-state index contributed by atoms with van der Waals surface area (Å²) in [5.41, 5.74) is 0. The fourth-order valence-corrected chi connectivity index (χ4v) is 2.52. The average molecular weight is 400 g/mol. The minimum atomic E-state index is -0.0873. The molecule has 1 aliphatic rings. The van der Waals surface area contributed by atoms with Gasteiger partial charge in [0.05, 0.1) is 0 Å². The first-order chi connectivity index (χ1) is 11.8. The molecule has 1 saturated heterocycles. The summed E-state index contributed by atoms with van der Waals surface area (Å²) in [4.78, 5) is 16.0. The number of halogens is 2. The lowest BCUT2D eigenvalue weighted by atomic mass is 10.1. The number of rotatable bonds is 6. The Kier molecular flexibility index (Phi) is 9.80. The maximum absolute atomic E-state index is 11.9. The number of amides is 1. The molecule has 0 aliphatic carbocycles. The monoisotopic (exact) mass is 399 g/mol. The van der Waals surface area contributed by atoms with Crippen molar-refractivity contribution in [3.8, 4) is 17.4 Å². The normalized spacial score (nSPS) is 13.7. The Morgan fingerprint density at radius 3 is 2.42 bits per heavy atom. The van der Waals surface area contributed by atoms with Gasteiger partial charge in [0.2, 0.25) is 5.88 Å². The fraction of sp³-hybridized carbons (Fsp3) is 0.333. The van der Waals surface area contributed by atoms with Gasteiger partial charge in [0, 0.05) is 18.3 Å². The van der Waals surface area contributed by atoms with E-state index < -0.39 is 0 Å². The molecule has 1 aliphatic heterocycles. The summed E-state index contributed by atoms with van der Waals surface area (Å²) in [5, 5.41) is 6.27. The van der Waals surface area contributed by atoms with Gasteiger partial charge in [-0.2, -0.15) is 0 Å². The van der Waals surface area contributed by atoms with Crippen LogP contribution in [-0.4, -0.2) is 36.6 Å². The zero-order valence-corrected chi connectivity index (χ0v) is 15.9. The Morgan fingerprint density at radius 2 is 1.77 bits per heavy atom. The minimum Gasteiger partial charge on any atom is -0.484 e. The number of aromatic nitrogens is 1. The van der Waals surface area contributed by atoms with Crippen molar-refractivity contribution in [2.75, 3.05) is 19.7 Å². The maximum atomic E-state index is 11.9. The molecule has 2 aromatic rings. The molecule has 0 bridgehead atoms. The Morgan fingerprint density at radius 1 is 1.08 bits per heavy atom. The van der Waals surface area contributed by atoms with Gasteiger partial charge in [-0.25, -0.2) is 4.98 Å². The van der Waals surface area contributed by atoms with E-state index in [0.29, 0.717) is 17.4 Å². The Hall–Kier alpha value is -2.02. The molecule has 0 spiro atoms. The highest BCUT2D eigenvalue weighted by Crippen LogP contribution is 2.22. The molecule has 1 aromatic heterocycles. The minimum absolute atomic E-state index is 0. The first-order valence-electron chi connectivity index (χ1n) is 8.11. The van der Waals surface area contributed by atoms with Crippen molar-refractivity contribution in [2.24, 2.45) is 0 Å². The lowest BCUT2D eigenvalue weighted by molar-refractivity contribution is -0.123. The van der Waals surface area contributed by atoms with E-state index in [1.54, 1.807) is 36.5 Å². The third-order valence-corrected chi connectivity index (χ3v) is 3.76. The van der Waals surface area contributed by atoms with E-state index in [4.69, 9.17) is 9.47 Å². The molecule has 1 amide bonds. The first kappa shape index (κ1) is 22.0. The Bertz CT molecular complexity index is 650. The highest BCUT2D eigenvalue weighted by molar-refractivity contribution is 5.85. The lowest BCUT2D eigenvalue weighted by Crippen LogP contribution is -2.44. The molecule has 1 fully saturated rings. The number of carbonyl (C=O) groups is 1. The molecule has 142 valence electrons. The standard InChI is InChI=1S/C18H21N3O3.2ClH/c22-17(21-14-8-11-19-12-9-14)13-23-15-4-6-16(7-5-15)24-18-3-1-2-10-20-18;;/h1-7,10,14,19H,8-9,11-13H2,(H,21,22);2*1H. The molecule has 0 unspecified atom stereocenters. The van der Waals surface area contributed by atoms with Crippen LogP contribution >= 0.6 is 24.8 Å². The number of nitrogens with one attached hydrogen (secondary N) is 2. The van der Waals surface area contributed by atoms with Crippen LogP contribution in [0.5, 0.6) is 17.4 Å². The summed E-state index contributed by atoms with van der Waals surface area (Å²) in [6.45, 7) is 1.91. The quantitative estimate of drug-likeness (QED) is 0.780. The SMILES string of the molecule is Cl.Cl.O=C(COc1ccc(Oc2ccccn2)cc1)NC1CCNCC1. The highest BCUT2D eigenvalue weighted by atomic mass is 35.5. The van der Waals surface area contributed by atoms with Crippen molar-refractivity contribution in [2.45, 2.75) is 18.9 Å². The van der Waals surface area contributed by atoms with Crippen LogP contribution in [0, 0.1) is 0 Å². The lowest BCUT2D eigenvalue weighted by Gasteiger charge is -2.23. The summed E-state index contributed by atoms with van der Waals surface area (Å²) >= 11 is 0. The second-order valence-electron chi connectivity index (χ2n) is 5.62. The predicted octanol–water partition coefficient (Wildman–Crippen LogP) is 2.96. The van der Waals surface area contributed by atoms with Gasteiger partial charge in [0.1, 0.15) is 11.5 Å². The largest absolute Gasteiger partial charge is 0.484 e. The Balaban J connectivity index is 0.00000169. The van der Waals surface area contributed by atoms with Gasteiger partial charge < -0.3 is 20.1 Å². The third kappa shape index (κ3) is 7.07. The number of carbonyl (C=O) groups excluding carboxylic acids is 1. The van der Waals surface area contributed by atoms with Crippen molar-refractivity contribution in [3.05, 3.63) is 48.7 Å².